The van der Waals surface area contributed by atoms with Crippen molar-refractivity contribution in [1.29, 1.82) is 0 Å². The molecule has 4 heteroatoms. The van der Waals surface area contributed by atoms with E-state index in [0.717, 1.165) is 12.8 Å². The molecule has 0 aromatic rings. The first kappa shape index (κ1) is 32.1. The molecule has 0 spiro atoms. The Bertz CT molecular complexity index is 368. The maximum Gasteiger partial charge on any atom is 0.305 e. The Morgan fingerprint density at radius 1 is 0.419 bits per heavy atom. The Hall–Kier alpha value is -1.06. The summed E-state index contributed by atoms with van der Waals surface area (Å²) in [4.78, 5) is 21.6. The zero-order chi connectivity index (χ0) is 23.4. The van der Waals surface area contributed by atoms with Gasteiger partial charge in [0.1, 0.15) is 0 Å². The minimum absolute atomic E-state index is 0.0686. The molecule has 31 heavy (non-hydrogen) atoms. The van der Waals surface area contributed by atoms with Crippen LogP contribution in [0.2, 0.25) is 0 Å². The van der Waals surface area contributed by atoms with E-state index >= 15 is 0 Å². The van der Waals surface area contributed by atoms with Crippen LogP contribution in [0, 0.1) is 0 Å². The highest BCUT2D eigenvalue weighted by molar-refractivity contribution is 5.69. The van der Waals surface area contributed by atoms with Gasteiger partial charge in [-0.2, -0.15) is 0 Å². The summed E-state index contributed by atoms with van der Waals surface area (Å²) in [6.45, 7) is 9.37. The summed E-state index contributed by atoms with van der Waals surface area (Å²) in [5.41, 5.74) is 0. The molecule has 4 nitrogen and oxygen atoms in total. The van der Waals surface area contributed by atoms with Crippen molar-refractivity contribution < 1.29 is 19.1 Å². The molecule has 0 bridgehead atoms. The minimum atomic E-state index is -0.0732. The molecule has 0 aliphatic heterocycles. The average Bonchev–Trinajstić information content (AvgIpc) is 2.79. The third-order valence-electron chi connectivity index (χ3n) is 5.35. The SMILES string of the molecule is CCCCCCCCCCCCOC(=O)CC.CCCCCCCCCOC(=O)CC. The van der Waals surface area contributed by atoms with E-state index in [1.54, 1.807) is 0 Å². The zero-order valence-corrected chi connectivity index (χ0v) is 21.5. The van der Waals surface area contributed by atoms with Crippen molar-refractivity contribution in [3.05, 3.63) is 0 Å². The highest BCUT2D eigenvalue weighted by Gasteiger charge is 1.98. The first-order chi connectivity index (χ1) is 15.1. The van der Waals surface area contributed by atoms with Crippen LogP contribution in [0.25, 0.3) is 0 Å². The lowest BCUT2D eigenvalue weighted by atomic mass is 10.1. The molecule has 0 N–H and O–H groups in total. The van der Waals surface area contributed by atoms with Gasteiger partial charge in [0.25, 0.3) is 0 Å². The first-order valence-corrected chi connectivity index (χ1v) is 13.4. The van der Waals surface area contributed by atoms with Crippen LogP contribution in [0.4, 0.5) is 0 Å². The summed E-state index contributed by atoms with van der Waals surface area (Å²) in [5.74, 6) is -0.142. The second-order valence-corrected chi connectivity index (χ2v) is 8.45. The van der Waals surface area contributed by atoms with E-state index in [1.807, 2.05) is 13.8 Å². The molecule has 0 saturated heterocycles. The van der Waals surface area contributed by atoms with Crippen LogP contribution in [0.15, 0.2) is 0 Å². The monoisotopic (exact) mass is 442 g/mol. The van der Waals surface area contributed by atoms with E-state index in [2.05, 4.69) is 13.8 Å². The van der Waals surface area contributed by atoms with Crippen molar-refractivity contribution in [1.82, 2.24) is 0 Å². The third kappa shape index (κ3) is 31.2. The number of hydrogen-bond donors (Lipinski definition) is 0. The number of hydrogen-bond acceptors (Lipinski definition) is 4. The number of ether oxygens (including phenoxy) is 2. The molecule has 0 heterocycles. The van der Waals surface area contributed by atoms with Crippen molar-refractivity contribution in [2.75, 3.05) is 13.2 Å². The van der Waals surface area contributed by atoms with Crippen LogP contribution in [0.1, 0.15) is 150 Å². The number of carbonyl (C=O) groups is 2. The first-order valence-electron chi connectivity index (χ1n) is 13.4. The number of carbonyl (C=O) groups excluding carboxylic acids is 2. The fourth-order valence-electron chi connectivity index (χ4n) is 3.22. The normalized spacial score (nSPS) is 10.3. The molecule has 0 radical (unpaired) electrons. The Kier molecular flexibility index (Phi) is 30.0. The van der Waals surface area contributed by atoms with Crippen LogP contribution >= 0.6 is 0 Å². The Balaban J connectivity index is 0. The summed E-state index contributed by atoms with van der Waals surface area (Å²) in [6.07, 6.45) is 23.0. The van der Waals surface area contributed by atoms with E-state index in [-0.39, 0.29) is 11.9 Å². The lowest BCUT2D eigenvalue weighted by Crippen LogP contribution is -2.03. The van der Waals surface area contributed by atoms with Crippen molar-refractivity contribution in [2.24, 2.45) is 0 Å². The molecule has 0 rings (SSSR count). The largest absolute Gasteiger partial charge is 0.466 e. The van der Waals surface area contributed by atoms with Gasteiger partial charge in [0.2, 0.25) is 0 Å². The standard InChI is InChI=1S/C15H30O2.C12H24O2/c1-3-5-6-7-8-9-10-11-12-13-14-17-15(16)4-2;1-3-5-6-7-8-9-10-11-14-12(13)4-2/h3-14H2,1-2H3;3-11H2,1-2H3. The van der Waals surface area contributed by atoms with E-state index in [4.69, 9.17) is 9.47 Å². The highest BCUT2D eigenvalue weighted by atomic mass is 16.5. The smallest absolute Gasteiger partial charge is 0.305 e. The maximum absolute atomic E-state index is 10.8. The molecule has 0 aromatic carbocycles. The summed E-state index contributed by atoms with van der Waals surface area (Å²) in [5, 5.41) is 0. The summed E-state index contributed by atoms with van der Waals surface area (Å²) >= 11 is 0. The van der Waals surface area contributed by atoms with Crippen molar-refractivity contribution in [3.63, 3.8) is 0 Å². The topological polar surface area (TPSA) is 52.6 Å². The summed E-state index contributed by atoms with van der Waals surface area (Å²) in [6, 6.07) is 0. The minimum Gasteiger partial charge on any atom is -0.466 e. The Morgan fingerprint density at radius 2 is 0.677 bits per heavy atom. The van der Waals surface area contributed by atoms with Gasteiger partial charge < -0.3 is 9.47 Å². The fourth-order valence-corrected chi connectivity index (χ4v) is 3.22. The molecule has 0 saturated carbocycles. The number of esters is 2. The molecule has 186 valence electrons. The quantitative estimate of drug-likeness (QED) is 0.132. The molecule has 0 aromatic heterocycles. The van der Waals surface area contributed by atoms with E-state index < -0.39 is 0 Å². The molecular formula is C27H54O4. The predicted octanol–water partition coefficient (Wildman–Crippen LogP) is 8.55. The number of unbranched alkanes of at least 4 members (excludes halogenated alkanes) is 15. The maximum atomic E-state index is 10.8. The molecule has 0 unspecified atom stereocenters. The van der Waals surface area contributed by atoms with E-state index in [9.17, 15) is 9.59 Å². The second kappa shape index (κ2) is 28.9. The van der Waals surface area contributed by atoms with Gasteiger partial charge >= 0.3 is 11.9 Å². The lowest BCUT2D eigenvalue weighted by molar-refractivity contribution is -0.144. The molecule has 0 amide bonds. The van der Waals surface area contributed by atoms with Crippen LogP contribution in [-0.4, -0.2) is 25.2 Å². The summed E-state index contributed by atoms with van der Waals surface area (Å²) < 4.78 is 10.0. The van der Waals surface area contributed by atoms with Gasteiger partial charge in [-0.15, -0.1) is 0 Å². The Labute approximate surface area is 194 Å². The average molecular weight is 443 g/mol. The van der Waals surface area contributed by atoms with Crippen molar-refractivity contribution in [3.8, 4) is 0 Å². The molecule has 0 aliphatic rings. The number of rotatable bonds is 21. The zero-order valence-electron chi connectivity index (χ0n) is 21.5. The summed E-state index contributed by atoms with van der Waals surface area (Å²) in [7, 11) is 0. The van der Waals surface area contributed by atoms with Gasteiger partial charge in [-0.3, -0.25) is 9.59 Å². The third-order valence-corrected chi connectivity index (χ3v) is 5.35. The van der Waals surface area contributed by atoms with E-state index in [1.165, 1.54) is 96.3 Å². The second-order valence-electron chi connectivity index (χ2n) is 8.45. The molecule has 0 atom stereocenters. The van der Waals surface area contributed by atoms with Crippen LogP contribution in [0.3, 0.4) is 0 Å². The van der Waals surface area contributed by atoms with Crippen LogP contribution in [0.5, 0.6) is 0 Å². The van der Waals surface area contributed by atoms with E-state index in [0.29, 0.717) is 26.1 Å². The Morgan fingerprint density at radius 3 is 0.935 bits per heavy atom. The van der Waals surface area contributed by atoms with Gasteiger partial charge in [0, 0.05) is 12.8 Å². The predicted molar refractivity (Wildman–Crippen MR) is 132 cm³/mol. The lowest BCUT2D eigenvalue weighted by Gasteiger charge is -2.03. The highest BCUT2D eigenvalue weighted by Crippen LogP contribution is 2.10. The van der Waals surface area contributed by atoms with Crippen molar-refractivity contribution in [2.45, 2.75) is 150 Å². The molecule has 0 fully saturated rings. The van der Waals surface area contributed by atoms with Crippen LogP contribution in [-0.2, 0) is 19.1 Å². The van der Waals surface area contributed by atoms with Gasteiger partial charge in [0.05, 0.1) is 13.2 Å². The molecular weight excluding hydrogens is 388 g/mol. The van der Waals surface area contributed by atoms with Crippen molar-refractivity contribution >= 4 is 11.9 Å². The van der Waals surface area contributed by atoms with Crippen LogP contribution < -0.4 is 0 Å². The fraction of sp³-hybridized carbons (Fsp3) is 0.926. The molecule has 0 aliphatic carbocycles. The van der Waals surface area contributed by atoms with Gasteiger partial charge in [-0.05, 0) is 12.8 Å². The van der Waals surface area contributed by atoms with Gasteiger partial charge in [-0.1, -0.05) is 124 Å². The van der Waals surface area contributed by atoms with Gasteiger partial charge in [0.15, 0.2) is 0 Å². The van der Waals surface area contributed by atoms with Gasteiger partial charge in [-0.25, -0.2) is 0 Å².